The molecule has 6 unspecified atom stereocenters. The molecular formula is C49H82O9. The minimum absolute atomic E-state index is 0.119. The molecule has 4 N–H and O–H groups in total. The van der Waals surface area contributed by atoms with Crippen LogP contribution in [-0.2, 0) is 23.7 Å². The highest BCUT2D eigenvalue weighted by Gasteiger charge is 2.44. The van der Waals surface area contributed by atoms with E-state index in [1.807, 2.05) is 0 Å². The van der Waals surface area contributed by atoms with Gasteiger partial charge >= 0.3 is 5.97 Å². The smallest absolute Gasteiger partial charge is 0.306 e. The molecule has 6 atom stereocenters. The summed E-state index contributed by atoms with van der Waals surface area (Å²) in [5.74, 6) is -0.352. The number of rotatable bonds is 37. The van der Waals surface area contributed by atoms with E-state index in [1.54, 1.807) is 0 Å². The molecule has 0 aromatic carbocycles. The highest BCUT2D eigenvalue weighted by molar-refractivity contribution is 5.69. The number of hydrogen-bond acceptors (Lipinski definition) is 9. The number of aliphatic hydroxyl groups excluding tert-OH is 4. The first-order chi connectivity index (χ1) is 28.4. The molecule has 0 aliphatic carbocycles. The fourth-order valence-electron chi connectivity index (χ4n) is 6.25. The third-order valence-electron chi connectivity index (χ3n) is 9.80. The number of hydrogen-bond donors (Lipinski definition) is 4. The fourth-order valence-corrected chi connectivity index (χ4v) is 6.25. The van der Waals surface area contributed by atoms with Gasteiger partial charge in [0.2, 0.25) is 0 Å². The Kier molecular flexibility index (Phi) is 36.6. The van der Waals surface area contributed by atoms with Crippen LogP contribution in [0.2, 0.25) is 0 Å². The van der Waals surface area contributed by atoms with Crippen LogP contribution in [0.4, 0.5) is 0 Å². The summed E-state index contributed by atoms with van der Waals surface area (Å²) in [5.41, 5.74) is 0. The normalized spacial score (nSPS) is 21.1. The number of carbonyl (C=O) groups is 1. The molecule has 0 aromatic heterocycles. The summed E-state index contributed by atoms with van der Waals surface area (Å²) in [7, 11) is 0. The summed E-state index contributed by atoms with van der Waals surface area (Å²) in [6.07, 6.45) is 46.0. The second-order valence-electron chi connectivity index (χ2n) is 15.1. The molecule has 1 saturated heterocycles. The van der Waals surface area contributed by atoms with Gasteiger partial charge < -0.3 is 39.4 Å². The largest absolute Gasteiger partial charge is 0.457 e. The predicted molar refractivity (Wildman–Crippen MR) is 237 cm³/mol. The lowest BCUT2D eigenvalue weighted by molar-refractivity contribution is -0.305. The summed E-state index contributed by atoms with van der Waals surface area (Å²) >= 11 is 0. The Morgan fingerprint density at radius 1 is 0.569 bits per heavy atom. The zero-order valence-electron chi connectivity index (χ0n) is 36.3. The van der Waals surface area contributed by atoms with Gasteiger partial charge in [-0.25, -0.2) is 0 Å². The Morgan fingerprint density at radius 3 is 1.59 bits per heavy atom. The minimum Gasteiger partial charge on any atom is -0.457 e. The molecule has 0 saturated carbocycles. The van der Waals surface area contributed by atoms with Gasteiger partial charge in [0.1, 0.15) is 30.5 Å². The summed E-state index contributed by atoms with van der Waals surface area (Å²) in [5, 5.41) is 40.1. The fraction of sp³-hybridized carbons (Fsp3) is 0.694. The maximum absolute atomic E-state index is 12.8. The van der Waals surface area contributed by atoms with Crippen LogP contribution in [0.25, 0.3) is 0 Å². The van der Waals surface area contributed by atoms with E-state index in [-0.39, 0.29) is 25.6 Å². The first-order valence-electron chi connectivity index (χ1n) is 22.7. The molecule has 0 aromatic rings. The summed E-state index contributed by atoms with van der Waals surface area (Å²) in [6.45, 7) is 4.33. The molecule has 9 nitrogen and oxygen atoms in total. The van der Waals surface area contributed by atoms with Crippen molar-refractivity contribution in [3.05, 3.63) is 85.1 Å². The van der Waals surface area contributed by atoms with Crippen LogP contribution >= 0.6 is 0 Å². The molecule has 0 amide bonds. The highest BCUT2D eigenvalue weighted by Crippen LogP contribution is 2.22. The van der Waals surface area contributed by atoms with E-state index in [1.165, 1.54) is 44.9 Å². The van der Waals surface area contributed by atoms with E-state index in [0.717, 1.165) is 83.5 Å². The molecule has 1 aliphatic heterocycles. The lowest BCUT2D eigenvalue weighted by Crippen LogP contribution is -2.59. The van der Waals surface area contributed by atoms with Crippen LogP contribution in [0.15, 0.2) is 85.1 Å². The predicted octanol–water partition coefficient (Wildman–Crippen LogP) is 10.2. The van der Waals surface area contributed by atoms with E-state index >= 15 is 0 Å². The van der Waals surface area contributed by atoms with Crippen molar-refractivity contribution in [1.29, 1.82) is 0 Å². The number of carbonyl (C=O) groups excluding carboxylic acids is 1. The molecule has 0 spiro atoms. The Balaban J connectivity index is 2.32. The van der Waals surface area contributed by atoms with E-state index in [0.29, 0.717) is 13.0 Å². The quantitative estimate of drug-likeness (QED) is 0.0275. The zero-order valence-corrected chi connectivity index (χ0v) is 36.3. The van der Waals surface area contributed by atoms with E-state index in [9.17, 15) is 25.2 Å². The van der Waals surface area contributed by atoms with Crippen LogP contribution in [0.1, 0.15) is 155 Å². The van der Waals surface area contributed by atoms with Gasteiger partial charge in [-0.2, -0.15) is 0 Å². The maximum atomic E-state index is 12.8. The molecule has 0 radical (unpaired) electrons. The van der Waals surface area contributed by atoms with Gasteiger partial charge in [0.25, 0.3) is 0 Å². The van der Waals surface area contributed by atoms with Crippen molar-refractivity contribution in [1.82, 2.24) is 0 Å². The van der Waals surface area contributed by atoms with E-state index < -0.39 is 43.4 Å². The molecule has 332 valence electrons. The number of allylic oxidation sites excluding steroid dienone is 14. The number of aliphatic hydroxyl groups is 4. The van der Waals surface area contributed by atoms with Gasteiger partial charge in [0.15, 0.2) is 6.29 Å². The molecule has 58 heavy (non-hydrogen) atoms. The highest BCUT2D eigenvalue weighted by atomic mass is 16.7. The van der Waals surface area contributed by atoms with Crippen molar-refractivity contribution in [3.8, 4) is 0 Å². The lowest BCUT2D eigenvalue weighted by Gasteiger charge is -2.39. The molecule has 1 fully saturated rings. The summed E-state index contributed by atoms with van der Waals surface area (Å²) in [4.78, 5) is 12.8. The van der Waals surface area contributed by atoms with Crippen LogP contribution < -0.4 is 0 Å². The Labute approximate surface area is 352 Å². The van der Waals surface area contributed by atoms with Gasteiger partial charge in [-0.05, 0) is 89.9 Å². The Bertz CT molecular complexity index is 1150. The van der Waals surface area contributed by atoms with Crippen molar-refractivity contribution >= 4 is 5.97 Å². The van der Waals surface area contributed by atoms with Gasteiger partial charge in [-0.3, -0.25) is 4.79 Å². The monoisotopic (exact) mass is 815 g/mol. The standard InChI is InChI=1S/C49H82O9/c1-3-5-7-9-11-13-15-17-19-21-22-23-24-26-28-30-32-34-36-38-45(51)57-43(42-56-49-48(54)47(53)46(52)44(40-50)58-49)41-55-39-37-35-33-31-29-27-25-20-18-16-14-12-10-8-6-4-2/h5,7,11-14,17-20,22-23,26,28,43-44,46-50,52-54H,3-4,6,8-10,15-16,21,24-25,27,29-42H2,1-2H3/b7-5-,13-11-,14-12-,19-17-,20-18-,23-22-,28-26-. The second kappa shape index (κ2) is 39.8. The van der Waals surface area contributed by atoms with Crippen molar-refractivity contribution < 1.29 is 44.2 Å². The number of ether oxygens (including phenoxy) is 4. The van der Waals surface area contributed by atoms with Crippen LogP contribution in [0.5, 0.6) is 0 Å². The third-order valence-corrected chi connectivity index (χ3v) is 9.80. The molecule has 9 heteroatoms. The van der Waals surface area contributed by atoms with E-state index in [4.69, 9.17) is 18.9 Å². The number of esters is 1. The average molecular weight is 815 g/mol. The summed E-state index contributed by atoms with van der Waals surface area (Å²) < 4.78 is 22.8. The molecule has 1 aliphatic rings. The first-order valence-corrected chi connectivity index (χ1v) is 22.7. The second-order valence-corrected chi connectivity index (χ2v) is 15.1. The summed E-state index contributed by atoms with van der Waals surface area (Å²) in [6, 6.07) is 0. The van der Waals surface area contributed by atoms with Crippen molar-refractivity contribution in [2.45, 2.75) is 192 Å². The van der Waals surface area contributed by atoms with Crippen molar-refractivity contribution in [2.24, 2.45) is 0 Å². The van der Waals surface area contributed by atoms with Crippen LogP contribution in [0, 0.1) is 0 Å². The lowest BCUT2D eigenvalue weighted by atomic mass is 9.99. The van der Waals surface area contributed by atoms with Crippen molar-refractivity contribution in [3.63, 3.8) is 0 Å². The molecule has 0 bridgehead atoms. The van der Waals surface area contributed by atoms with Crippen LogP contribution in [-0.4, -0.2) is 89.6 Å². The van der Waals surface area contributed by atoms with Crippen molar-refractivity contribution in [2.75, 3.05) is 26.4 Å². The van der Waals surface area contributed by atoms with Gasteiger partial charge in [0, 0.05) is 13.0 Å². The van der Waals surface area contributed by atoms with Gasteiger partial charge in [-0.15, -0.1) is 0 Å². The maximum Gasteiger partial charge on any atom is 0.306 e. The zero-order chi connectivity index (χ0) is 42.2. The number of unbranched alkanes of at least 4 members (excludes halogenated alkanes) is 12. The SMILES string of the molecule is CC/C=C\C/C=C\C/C=C\C/C=C\C/C=C\CCCCCC(=O)OC(COCCCCCCCC/C=C\C/C=C\CCCCC)COC1OC(CO)C(O)C(O)C1O. The Hall–Kier alpha value is -2.63. The average Bonchev–Trinajstić information content (AvgIpc) is 3.22. The van der Waals surface area contributed by atoms with Gasteiger partial charge in [0.05, 0.1) is 19.8 Å². The Morgan fingerprint density at radius 2 is 1.05 bits per heavy atom. The van der Waals surface area contributed by atoms with Crippen LogP contribution in [0.3, 0.4) is 0 Å². The molecule has 1 heterocycles. The molecular weight excluding hydrogens is 733 g/mol. The minimum atomic E-state index is -1.55. The topological polar surface area (TPSA) is 135 Å². The van der Waals surface area contributed by atoms with Gasteiger partial charge in [-0.1, -0.05) is 144 Å². The first kappa shape index (κ1) is 53.4. The van der Waals surface area contributed by atoms with E-state index in [2.05, 4.69) is 98.9 Å². The third kappa shape index (κ3) is 30.4. The molecule has 1 rings (SSSR count).